The second-order valence-corrected chi connectivity index (χ2v) is 7.63. The minimum Gasteiger partial charge on any atom is -0.338 e. The number of benzene rings is 1. The Morgan fingerprint density at radius 3 is 2.67 bits per heavy atom. The summed E-state index contributed by atoms with van der Waals surface area (Å²) >= 11 is 5.78. The lowest BCUT2D eigenvalue weighted by atomic mass is 10.2. The molecular weight excluding hydrogens is 375 g/mol. The number of carbonyl (C=O) groups excluding carboxylic acids is 3. The van der Waals surface area contributed by atoms with Gasteiger partial charge in [0.2, 0.25) is 11.8 Å². The number of likely N-dealkylation sites (tertiary alicyclic amines) is 1. The molecule has 4 rings (SSSR count). The number of halogens is 2. The molecule has 2 heterocycles. The summed E-state index contributed by atoms with van der Waals surface area (Å²) in [6.07, 6.45) is 2.80. The zero-order valence-corrected chi connectivity index (χ0v) is 15.3. The SMILES string of the molecule is O=C(NC1CC(=O)N(C2CC2)C1)NC1CCN(c2ccc(F)c(Cl)c2)C1=O. The summed E-state index contributed by atoms with van der Waals surface area (Å²) < 4.78 is 13.3. The van der Waals surface area contributed by atoms with E-state index >= 15 is 0 Å². The van der Waals surface area contributed by atoms with Gasteiger partial charge in [0.1, 0.15) is 11.9 Å². The van der Waals surface area contributed by atoms with E-state index in [1.54, 1.807) is 0 Å². The van der Waals surface area contributed by atoms with Crippen LogP contribution >= 0.6 is 11.6 Å². The summed E-state index contributed by atoms with van der Waals surface area (Å²) in [5.74, 6) is -0.749. The van der Waals surface area contributed by atoms with Crippen molar-refractivity contribution in [1.29, 1.82) is 0 Å². The number of urea groups is 1. The van der Waals surface area contributed by atoms with Crippen molar-refractivity contribution < 1.29 is 18.8 Å². The Balaban J connectivity index is 1.32. The smallest absolute Gasteiger partial charge is 0.315 e. The van der Waals surface area contributed by atoms with Gasteiger partial charge < -0.3 is 20.4 Å². The molecule has 0 radical (unpaired) electrons. The third-order valence-electron chi connectivity index (χ3n) is 5.21. The Morgan fingerprint density at radius 1 is 1.19 bits per heavy atom. The Morgan fingerprint density at radius 2 is 1.96 bits per heavy atom. The van der Waals surface area contributed by atoms with Gasteiger partial charge in [0.15, 0.2) is 0 Å². The summed E-state index contributed by atoms with van der Waals surface area (Å²) in [6, 6.07) is 3.07. The number of anilines is 1. The summed E-state index contributed by atoms with van der Waals surface area (Å²) in [6.45, 7) is 0.929. The Bertz CT molecular complexity index is 801. The highest BCUT2D eigenvalue weighted by atomic mass is 35.5. The van der Waals surface area contributed by atoms with E-state index in [9.17, 15) is 18.8 Å². The molecule has 3 aliphatic rings. The molecule has 4 amide bonds. The minimum absolute atomic E-state index is 0.0550. The number of nitrogens with one attached hydrogen (secondary N) is 2. The van der Waals surface area contributed by atoms with Crippen molar-refractivity contribution in [2.75, 3.05) is 18.0 Å². The van der Waals surface area contributed by atoms with Crippen LogP contribution in [-0.2, 0) is 9.59 Å². The highest BCUT2D eigenvalue weighted by Gasteiger charge is 2.40. The van der Waals surface area contributed by atoms with Gasteiger partial charge in [-0.05, 0) is 37.5 Å². The molecule has 0 aromatic heterocycles. The molecule has 1 saturated carbocycles. The number of hydrogen-bond acceptors (Lipinski definition) is 3. The third-order valence-corrected chi connectivity index (χ3v) is 5.50. The zero-order chi connectivity index (χ0) is 19.1. The van der Waals surface area contributed by atoms with Crippen LogP contribution in [0.3, 0.4) is 0 Å². The molecule has 2 N–H and O–H groups in total. The van der Waals surface area contributed by atoms with Crippen molar-refractivity contribution in [3.63, 3.8) is 0 Å². The fourth-order valence-corrected chi connectivity index (χ4v) is 3.85. The molecule has 2 atom stereocenters. The maximum absolute atomic E-state index is 13.3. The van der Waals surface area contributed by atoms with Crippen molar-refractivity contribution in [2.45, 2.75) is 43.8 Å². The summed E-state index contributed by atoms with van der Waals surface area (Å²) in [5.41, 5.74) is 0.498. The Labute approximate surface area is 160 Å². The maximum atomic E-state index is 13.3. The third kappa shape index (κ3) is 3.71. The molecule has 2 aliphatic heterocycles. The molecule has 1 aromatic carbocycles. The second-order valence-electron chi connectivity index (χ2n) is 7.23. The van der Waals surface area contributed by atoms with Gasteiger partial charge in [-0.3, -0.25) is 9.59 Å². The lowest BCUT2D eigenvalue weighted by Gasteiger charge is -2.19. The maximum Gasteiger partial charge on any atom is 0.315 e. The van der Waals surface area contributed by atoms with Crippen LogP contribution in [0.15, 0.2) is 18.2 Å². The van der Waals surface area contributed by atoms with Crippen LogP contribution in [0, 0.1) is 5.82 Å². The fourth-order valence-electron chi connectivity index (χ4n) is 3.68. The molecule has 0 bridgehead atoms. The van der Waals surface area contributed by atoms with Gasteiger partial charge in [-0.25, -0.2) is 9.18 Å². The summed E-state index contributed by atoms with van der Waals surface area (Å²) in [5, 5.41) is 5.41. The normalized spacial score (nSPS) is 25.3. The lowest BCUT2D eigenvalue weighted by molar-refractivity contribution is -0.128. The van der Waals surface area contributed by atoms with Crippen LogP contribution in [0.1, 0.15) is 25.7 Å². The average Bonchev–Trinajstić information content (AvgIpc) is 3.31. The molecule has 2 saturated heterocycles. The van der Waals surface area contributed by atoms with Crippen LogP contribution in [0.2, 0.25) is 5.02 Å². The summed E-state index contributed by atoms with van der Waals surface area (Å²) in [7, 11) is 0. The first kappa shape index (κ1) is 18.0. The molecule has 3 fully saturated rings. The largest absolute Gasteiger partial charge is 0.338 e. The van der Waals surface area contributed by atoms with Crippen molar-refractivity contribution in [1.82, 2.24) is 15.5 Å². The fraction of sp³-hybridized carbons (Fsp3) is 0.500. The Hall–Kier alpha value is -2.35. The topological polar surface area (TPSA) is 81.8 Å². The number of carbonyl (C=O) groups is 3. The van der Waals surface area contributed by atoms with E-state index in [1.165, 1.54) is 23.1 Å². The Kier molecular flexibility index (Phi) is 4.67. The van der Waals surface area contributed by atoms with Gasteiger partial charge in [0.25, 0.3) is 0 Å². The molecule has 2 unspecified atom stereocenters. The number of amides is 4. The zero-order valence-electron chi connectivity index (χ0n) is 14.6. The first-order chi connectivity index (χ1) is 12.9. The molecule has 27 heavy (non-hydrogen) atoms. The van der Waals surface area contributed by atoms with E-state index in [0.717, 1.165) is 12.8 Å². The number of nitrogens with zero attached hydrogens (tertiary/aromatic N) is 2. The molecule has 1 aromatic rings. The van der Waals surface area contributed by atoms with Gasteiger partial charge in [-0.15, -0.1) is 0 Å². The van der Waals surface area contributed by atoms with Gasteiger partial charge in [0.05, 0.1) is 11.1 Å². The van der Waals surface area contributed by atoms with E-state index in [2.05, 4.69) is 10.6 Å². The average molecular weight is 395 g/mol. The van der Waals surface area contributed by atoms with E-state index in [0.29, 0.717) is 37.7 Å². The van der Waals surface area contributed by atoms with E-state index in [1.807, 2.05) is 4.90 Å². The van der Waals surface area contributed by atoms with Gasteiger partial charge in [-0.1, -0.05) is 11.6 Å². The highest BCUT2D eigenvalue weighted by molar-refractivity contribution is 6.31. The van der Waals surface area contributed by atoms with Crippen molar-refractivity contribution >= 4 is 35.1 Å². The highest BCUT2D eigenvalue weighted by Crippen LogP contribution is 2.30. The van der Waals surface area contributed by atoms with E-state index in [-0.39, 0.29) is 22.9 Å². The quantitative estimate of drug-likeness (QED) is 0.814. The van der Waals surface area contributed by atoms with Gasteiger partial charge in [-0.2, -0.15) is 0 Å². The number of hydrogen-bond donors (Lipinski definition) is 2. The standard InChI is InChI=1S/C18H20ClFN4O3/c19-13-8-12(3-4-14(13)20)23-6-5-15(17(23)26)22-18(27)21-10-7-16(25)24(9-10)11-1-2-11/h3-4,8,10-11,15H,1-2,5-7,9H2,(H2,21,22,27). The summed E-state index contributed by atoms with van der Waals surface area (Å²) in [4.78, 5) is 40.1. The molecule has 7 nitrogen and oxygen atoms in total. The van der Waals surface area contributed by atoms with Crippen LogP contribution in [0.5, 0.6) is 0 Å². The van der Waals surface area contributed by atoms with Crippen LogP contribution < -0.4 is 15.5 Å². The number of rotatable bonds is 4. The molecule has 144 valence electrons. The van der Waals surface area contributed by atoms with E-state index in [4.69, 9.17) is 11.6 Å². The first-order valence-electron chi connectivity index (χ1n) is 9.05. The molecule has 0 spiro atoms. The van der Waals surface area contributed by atoms with Crippen LogP contribution in [0.4, 0.5) is 14.9 Å². The van der Waals surface area contributed by atoms with Crippen molar-refractivity contribution in [2.24, 2.45) is 0 Å². The monoisotopic (exact) mass is 394 g/mol. The van der Waals surface area contributed by atoms with Crippen LogP contribution in [-0.4, -0.2) is 54.0 Å². The van der Waals surface area contributed by atoms with E-state index < -0.39 is 17.9 Å². The predicted molar refractivity (Wildman–Crippen MR) is 97.0 cm³/mol. The van der Waals surface area contributed by atoms with Gasteiger partial charge in [0, 0.05) is 31.2 Å². The first-order valence-corrected chi connectivity index (χ1v) is 9.43. The predicted octanol–water partition coefficient (Wildman–Crippen LogP) is 1.65. The lowest BCUT2D eigenvalue weighted by Crippen LogP contribution is -2.49. The minimum atomic E-state index is -0.662. The molecule has 9 heteroatoms. The van der Waals surface area contributed by atoms with Crippen LogP contribution in [0.25, 0.3) is 0 Å². The second kappa shape index (κ2) is 6.99. The molecule has 1 aliphatic carbocycles. The van der Waals surface area contributed by atoms with Gasteiger partial charge >= 0.3 is 6.03 Å². The molecular formula is C18H20ClFN4O3. The van der Waals surface area contributed by atoms with Crippen molar-refractivity contribution in [3.8, 4) is 0 Å². The van der Waals surface area contributed by atoms with Crippen molar-refractivity contribution in [3.05, 3.63) is 29.0 Å².